The van der Waals surface area contributed by atoms with Crippen LogP contribution in [0.25, 0.3) is 0 Å². The Kier molecular flexibility index (Phi) is 5.21. The van der Waals surface area contributed by atoms with Gasteiger partial charge in [-0.05, 0) is 36.2 Å². The molecule has 2 aromatic rings. The fourth-order valence-electron chi connectivity index (χ4n) is 2.34. The second-order valence-electron chi connectivity index (χ2n) is 5.23. The molecule has 2 rings (SSSR count). The van der Waals surface area contributed by atoms with E-state index in [9.17, 15) is 5.11 Å². The number of aromatic nitrogens is 1. The quantitative estimate of drug-likeness (QED) is 0.856. The SMILES string of the molecule is COc1ccc(C(O)CNCc2cc(C#N)n(C)c2C)cc1. The Bertz CT molecular complexity index is 668. The van der Waals surface area contributed by atoms with Crippen LogP contribution in [0.2, 0.25) is 0 Å². The van der Waals surface area contributed by atoms with Gasteiger partial charge in [0.05, 0.1) is 13.2 Å². The lowest BCUT2D eigenvalue weighted by atomic mass is 10.1. The van der Waals surface area contributed by atoms with Gasteiger partial charge in [0.1, 0.15) is 17.5 Å². The Hall–Kier alpha value is -2.29. The molecule has 1 atom stereocenters. The summed E-state index contributed by atoms with van der Waals surface area (Å²) in [6.07, 6.45) is -0.578. The topological polar surface area (TPSA) is 70.2 Å². The van der Waals surface area contributed by atoms with Crippen LogP contribution in [0.5, 0.6) is 5.75 Å². The maximum atomic E-state index is 10.2. The highest BCUT2D eigenvalue weighted by Crippen LogP contribution is 2.17. The number of methoxy groups -OCH3 is 1. The molecule has 5 nitrogen and oxygen atoms in total. The normalized spacial score (nSPS) is 12.0. The molecular formula is C17H21N3O2. The lowest BCUT2D eigenvalue weighted by Gasteiger charge is -2.13. The summed E-state index contributed by atoms with van der Waals surface area (Å²) in [5.74, 6) is 0.771. The standard InChI is InChI=1S/C17H21N3O2/c1-12-14(8-15(9-18)20(12)2)10-19-11-17(21)13-4-6-16(22-3)7-5-13/h4-8,17,19,21H,10-11H2,1-3H3. The molecule has 1 heterocycles. The third-order valence-corrected chi connectivity index (χ3v) is 3.91. The molecule has 1 aromatic heterocycles. The van der Waals surface area contributed by atoms with Crippen LogP contribution in [-0.2, 0) is 13.6 Å². The molecule has 0 bridgehead atoms. The molecule has 2 N–H and O–H groups in total. The zero-order valence-corrected chi connectivity index (χ0v) is 13.1. The predicted molar refractivity (Wildman–Crippen MR) is 84.5 cm³/mol. The number of nitrogens with zero attached hydrogens (tertiary/aromatic N) is 2. The summed E-state index contributed by atoms with van der Waals surface area (Å²) in [4.78, 5) is 0. The van der Waals surface area contributed by atoms with E-state index in [2.05, 4.69) is 11.4 Å². The highest BCUT2D eigenvalue weighted by molar-refractivity contribution is 5.34. The van der Waals surface area contributed by atoms with Crippen molar-refractivity contribution in [3.63, 3.8) is 0 Å². The van der Waals surface area contributed by atoms with Crippen molar-refractivity contribution < 1.29 is 9.84 Å². The van der Waals surface area contributed by atoms with Crippen molar-refractivity contribution in [3.8, 4) is 11.8 Å². The summed E-state index contributed by atoms with van der Waals surface area (Å²) in [7, 11) is 3.49. The Morgan fingerprint density at radius 3 is 2.59 bits per heavy atom. The van der Waals surface area contributed by atoms with E-state index in [-0.39, 0.29) is 0 Å². The van der Waals surface area contributed by atoms with Crippen molar-refractivity contribution in [1.29, 1.82) is 5.26 Å². The fourth-order valence-corrected chi connectivity index (χ4v) is 2.34. The molecule has 0 radical (unpaired) electrons. The van der Waals surface area contributed by atoms with E-state index in [1.54, 1.807) is 7.11 Å². The number of nitriles is 1. The van der Waals surface area contributed by atoms with Gasteiger partial charge in [-0.15, -0.1) is 0 Å². The molecule has 0 aliphatic rings. The van der Waals surface area contributed by atoms with Crippen LogP contribution < -0.4 is 10.1 Å². The third-order valence-electron chi connectivity index (χ3n) is 3.91. The molecule has 0 saturated heterocycles. The molecule has 0 amide bonds. The number of aliphatic hydroxyl groups is 1. The molecule has 22 heavy (non-hydrogen) atoms. The Morgan fingerprint density at radius 1 is 1.36 bits per heavy atom. The number of nitrogens with one attached hydrogen (secondary N) is 1. The first-order chi connectivity index (χ1) is 10.6. The van der Waals surface area contributed by atoms with Gasteiger partial charge in [-0.1, -0.05) is 12.1 Å². The lowest BCUT2D eigenvalue weighted by molar-refractivity contribution is 0.174. The van der Waals surface area contributed by atoms with Gasteiger partial charge in [-0.25, -0.2) is 0 Å². The largest absolute Gasteiger partial charge is 0.497 e. The summed E-state index contributed by atoms with van der Waals surface area (Å²) in [6, 6.07) is 11.4. The van der Waals surface area contributed by atoms with E-state index in [0.29, 0.717) is 18.8 Å². The lowest BCUT2D eigenvalue weighted by Crippen LogP contribution is -2.21. The summed E-state index contributed by atoms with van der Waals surface area (Å²) in [5.41, 5.74) is 3.62. The number of hydrogen-bond donors (Lipinski definition) is 2. The van der Waals surface area contributed by atoms with Crippen molar-refractivity contribution in [1.82, 2.24) is 9.88 Å². The number of aliphatic hydroxyl groups excluding tert-OH is 1. The van der Waals surface area contributed by atoms with Gasteiger partial charge in [0.2, 0.25) is 0 Å². The van der Waals surface area contributed by atoms with Crippen molar-refractivity contribution in [2.75, 3.05) is 13.7 Å². The summed E-state index contributed by atoms with van der Waals surface area (Å²) < 4.78 is 6.97. The van der Waals surface area contributed by atoms with Crippen LogP contribution >= 0.6 is 0 Å². The summed E-state index contributed by atoms with van der Waals surface area (Å²) >= 11 is 0. The fraction of sp³-hybridized carbons (Fsp3) is 0.353. The van der Waals surface area contributed by atoms with Crippen molar-refractivity contribution >= 4 is 0 Å². The van der Waals surface area contributed by atoms with Crippen LogP contribution in [0.15, 0.2) is 30.3 Å². The van der Waals surface area contributed by atoms with Crippen molar-refractivity contribution in [2.45, 2.75) is 19.6 Å². The van der Waals surface area contributed by atoms with Gasteiger partial charge < -0.3 is 19.7 Å². The van der Waals surface area contributed by atoms with E-state index < -0.39 is 6.10 Å². The van der Waals surface area contributed by atoms with Gasteiger partial charge in [0.25, 0.3) is 0 Å². The minimum Gasteiger partial charge on any atom is -0.497 e. The van der Waals surface area contributed by atoms with Crippen LogP contribution in [0.4, 0.5) is 0 Å². The van der Waals surface area contributed by atoms with Crippen molar-refractivity contribution in [2.24, 2.45) is 7.05 Å². The Balaban J connectivity index is 1.91. The molecule has 116 valence electrons. The second-order valence-corrected chi connectivity index (χ2v) is 5.23. The van der Waals surface area contributed by atoms with E-state index in [1.807, 2.05) is 48.9 Å². The average Bonchev–Trinajstić information content (AvgIpc) is 2.82. The van der Waals surface area contributed by atoms with Crippen LogP contribution in [0, 0.1) is 18.3 Å². The molecule has 0 spiro atoms. The highest BCUT2D eigenvalue weighted by atomic mass is 16.5. The maximum Gasteiger partial charge on any atom is 0.120 e. The molecule has 0 aliphatic heterocycles. The van der Waals surface area contributed by atoms with Gasteiger partial charge in [-0.3, -0.25) is 0 Å². The van der Waals surface area contributed by atoms with Gasteiger partial charge in [0, 0.05) is 25.8 Å². The molecule has 0 saturated carbocycles. The van der Waals surface area contributed by atoms with Gasteiger partial charge in [-0.2, -0.15) is 5.26 Å². The number of benzene rings is 1. The van der Waals surface area contributed by atoms with E-state index in [0.717, 1.165) is 22.6 Å². The van der Waals surface area contributed by atoms with E-state index >= 15 is 0 Å². The van der Waals surface area contributed by atoms with Crippen LogP contribution in [0.1, 0.15) is 28.6 Å². The number of ether oxygens (including phenoxy) is 1. The molecule has 0 aliphatic carbocycles. The summed E-state index contributed by atoms with van der Waals surface area (Å²) in [5, 5.41) is 22.4. The highest BCUT2D eigenvalue weighted by Gasteiger charge is 2.10. The van der Waals surface area contributed by atoms with Crippen LogP contribution in [0.3, 0.4) is 0 Å². The summed E-state index contributed by atoms with van der Waals surface area (Å²) in [6.45, 7) is 3.05. The van der Waals surface area contributed by atoms with E-state index in [1.165, 1.54) is 0 Å². The molecule has 1 unspecified atom stereocenters. The molecule has 0 fully saturated rings. The first-order valence-electron chi connectivity index (χ1n) is 7.14. The molecule has 1 aromatic carbocycles. The van der Waals surface area contributed by atoms with Crippen molar-refractivity contribution in [3.05, 3.63) is 52.8 Å². The number of rotatable bonds is 6. The average molecular weight is 299 g/mol. The minimum atomic E-state index is -0.578. The first kappa shape index (κ1) is 16.1. The maximum absolute atomic E-state index is 10.2. The predicted octanol–water partition coefficient (Wildman–Crippen LogP) is 2.04. The smallest absolute Gasteiger partial charge is 0.120 e. The Morgan fingerprint density at radius 2 is 2.05 bits per heavy atom. The second kappa shape index (κ2) is 7.12. The Labute approximate surface area is 130 Å². The van der Waals surface area contributed by atoms with E-state index in [4.69, 9.17) is 10.00 Å². The van der Waals surface area contributed by atoms with Crippen LogP contribution in [-0.4, -0.2) is 23.3 Å². The third kappa shape index (κ3) is 3.48. The molecular weight excluding hydrogens is 278 g/mol. The zero-order chi connectivity index (χ0) is 16.1. The first-order valence-corrected chi connectivity index (χ1v) is 7.14. The van der Waals surface area contributed by atoms with Gasteiger partial charge >= 0.3 is 0 Å². The minimum absolute atomic E-state index is 0.447. The zero-order valence-electron chi connectivity index (χ0n) is 13.1. The number of hydrogen-bond acceptors (Lipinski definition) is 4. The molecule has 5 heteroatoms. The monoisotopic (exact) mass is 299 g/mol. The van der Waals surface area contributed by atoms with Gasteiger partial charge in [0.15, 0.2) is 0 Å².